The summed E-state index contributed by atoms with van der Waals surface area (Å²) in [5.41, 5.74) is -0.577. The second kappa shape index (κ2) is 9.66. The van der Waals surface area contributed by atoms with Crippen molar-refractivity contribution in [3.8, 4) is 5.75 Å². The number of non-ortho nitro benzene ring substituents is 1. The number of benzene rings is 1. The second-order valence-electron chi connectivity index (χ2n) is 5.41. The molecule has 0 bridgehead atoms. The molecule has 0 radical (unpaired) electrons. The van der Waals surface area contributed by atoms with Gasteiger partial charge in [0.2, 0.25) is 0 Å². The molecule has 0 saturated heterocycles. The average Bonchev–Trinajstić information content (AvgIpc) is 2.45. The Morgan fingerprint density at radius 1 is 1.30 bits per heavy atom. The van der Waals surface area contributed by atoms with Gasteiger partial charge >= 0.3 is 6.09 Å². The van der Waals surface area contributed by atoms with Crippen molar-refractivity contribution < 1.29 is 19.2 Å². The topological polar surface area (TPSA) is 90.7 Å². The smallest absolute Gasteiger partial charge is 0.412 e. The van der Waals surface area contributed by atoms with Gasteiger partial charge in [-0.15, -0.1) is 0 Å². The number of carbonyl (C=O) groups is 1. The molecule has 7 heteroatoms. The number of nitrogens with one attached hydrogen (secondary N) is 1. The molecule has 1 rings (SSSR count). The van der Waals surface area contributed by atoms with E-state index in [9.17, 15) is 14.9 Å². The van der Waals surface area contributed by atoms with Gasteiger partial charge in [0.25, 0.3) is 5.69 Å². The largest absolute Gasteiger partial charge is 0.491 e. The molecule has 1 aromatic rings. The van der Waals surface area contributed by atoms with Crippen LogP contribution in [0.2, 0.25) is 0 Å². The molecule has 0 aliphatic carbocycles. The van der Waals surface area contributed by atoms with Crippen LogP contribution in [-0.4, -0.2) is 23.2 Å². The van der Waals surface area contributed by atoms with Gasteiger partial charge in [-0.2, -0.15) is 0 Å². The number of amides is 1. The first-order valence-corrected chi connectivity index (χ1v) is 7.64. The van der Waals surface area contributed by atoms with Crippen molar-refractivity contribution in [2.24, 2.45) is 0 Å². The standard InChI is InChI=1S/C14H20N2O5.C2H6/c1-5-8-20-12-7-6-10(16(18)19)9-11(12)15-13(17)21-14(2,3)4;1-2/h6-7,9H,5,8H2,1-4H3,(H,15,17);1-2H3. The van der Waals surface area contributed by atoms with Gasteiger partial charge in [-0.05, 0) is 33.3 Å². The molecule has 0 aliphatic heterocycles. The zero-order valence-corrected chi connectivity index (χ0v) is 14.6. The fourth-order valence-electron chi connectivity index (χ4n) is 1.48. The Labute approximate surface area is 137 Å². The molecular weight excluding hydrogens is 300 g/mol. The third-order valence-corrected chi connectivity index (χ3v) is 2.27. The lowest BCUT2D eigenvalue weighted by atomic mass is 10.2. The maximum absolute atomic E-state index is 11.8. The molecule has 0 unspecified atom stereocenters. The number of hydrogen-bond acceptors (Lipinski definition) is 5. The van der Waals surface area contributed by atoms with Gasteiger partial charge in [-0.3, -0.25) is 15.4 Å². The highest BCUT2D eigenvalue weighted by atomic mass is 16.6. The molecule has 7 nitrogen and oxygen atoms in total. The monoisotopic (exact) mass is 326 g/mol. The van der Waals surface area contributed by atoms with Gasteiger partial charge in [0.15, 0.2) is 0 Å². The van der Waals surface area contributed by atoms with Crippen LogP contribution in [0.1, 0.15) is 48.0 Å². The van der Waals surface area contributed by atoms with Crippen LogP contribution in [0, 0.1) is 10.1 Å². The first kappa shape index (κ1) is 20.7. The Morgan fingerprint density at radius 3 is 2.39 bits per heavy atom. The van der Waals surface area contributed by atoms with E-state index in [1.807, 2.05) is 20.8 Å². The van der Waals surface area contributed by atoms with Crippen LogP contribution < -0.4 is 10.1 Å². The molecule has 130 valence electrons. The molecule has 0 aliphatic rings. The highest BCUT2D eigenvalue weighted by molar-refractivity contribution is 5.87. The normalized spacial score (nSPS) is 10.2. The van der Waals surface area contributed by atoms with E-state index < -0.39 is 16.6 Å². The minimum atomic E-state index is -0.690. The van der Waals surface area contributed by atoms with Crippen molar-refractivity contribution in [3.05, 3.63) is 28.3 Å². The molecule has 0 spiro atoms. The third kappa shape index (κ3) is 8.04. The van der Waals surface area contributed by atoms with Gasteiger partial charge < -0.3 is 9.47 Å². The van der Waals surface area contributed by atoms with Gasteiger partial charge in [0.05, 0.1) is 17.2 Å². The Balaban J connectivity index is 0.00000232. The van der Waals surface area contributed by atoms with Crippen molar-refractivity contribution in [2.45, 2.75) is 53.6 Å². The Bertz CT molecular complexity index is 524. The summed E-state index contributed by atoms with van der Waals surface area (Å²) < 4.78 is 10.6. The molecule has 1 N–H and O–H groups in total. The Kier molecular flexibility index (Phi) is 8.69. The summed E-state index contributed by atoms with van der Waals surface area (Å²) in [4.78, 5) is 22.1. The highest BCUT2D eigenvalue weighted by Gasteiger charge is 2.19. The molecule has 0 fully saturated rings. The first-order valence-electron chi connectivity index (χ1n) is 7.64. The van der Waals surface area contributed by atoms with Crippen LogP contribution >= 0.6 is 0 Å². The lowest BCUT2D eigenvalue weighted by Crippen LogP contribution is -2.27. The van der Waals surface area contributed by atoms with E-state index in [2.05, 4.69) is 5.32 Å². The molecule has 0 aromatic heterocycles. The van der Waals surface area contributed by atoms with Crippen LogP contribution in [0.15, 0.2) is 18.2 Å². The molecule has 0 saturated carbocycles. The minimum Gasteiger partial charge on any atom is -0.491 e. The molecule has 0 heterocycles. The predicted octanol–water partition coefficient (Wildman–Crippen LogP) is 4.76. The number of nitrogens with zero attached hydrogens (tertiary/aromatic N) is 1. The highest BCUT2D eigenvalue weighted by Crippen LogP contribution is 2.29. The van der Waals surface area contributed by atoms with Crippen LogP contribution in [0.5, 0.6) is 5.75 Å². The number of anilines is 1. The summed E-state index contributed by atoms with van der Waals surface area (Å²) in [6, 6.07) is 4.03. The zero-order valence-electron chi connectivity index (χ0n) is 14.6. The summed E-state index contributed by atoms with van der Waals surface area (Å²) >= 11 is 0. The number of nitro groups is 1. The lowest BCUT2D eigenvalue weighted by Gasteiger charge is -2.20. The third-order valence-electron chi connectivity index (χ3n) is 2.27. The average molecular weight is 326 g/mol. The summed E-state index contributed by atoms with van der Waals surface area (Å²) in [7, 11) is 0. The number of rotatable bonds is 5. The van der Waals surface area contributed by atoms with E-state index in [1.165, 1.54) is 18.2 Å². The quantitative estimate of drug-likeness (QED) is 0.622. The van der Waals surface area contributed by atoms with E-state index in [-0.39, 0.29) is 11.4 Å². The fourth-order valence-corrected chi connectivity index (χ4v) is 1.48. The van der Waals surface area contributed by atoms with Crippen molar-refractivity contribution in [3.63, 3.8) is 0 Å². The maximum atomic E-state index is 11.8. The minimum absolute atomic E-state index is 0.134. The molecular formula is C16H26N2O5. The van der Waals surface area contributed by atoms with Crippen molar-refractivity contribution in [2.75, 3.05) is 11.9 Å². The van der Waals surface area contributed by atoms with E-state index in [0.717, 1.165) is 6.42 Å². The molecule has 0 atom stereocenters. The summed E-state index contributed by atoms with van der Waals surface area (Å²) in [6.45, 7) is 11.6. The van der Waals surface area contributed by atoms with E-state index >= 15 is 0 Å². The fraction of sp³-hybridized carbons (Fsp3) is 0.562. The van der Waals surface area contributed by atoms with Gasteiger partial charge in [-0.1, -0.05) is 20.8 Å². The van der Waals surface area contributed by atoms with Crippen LogP contribution in [0.4, 0.5) is 16.2 Å². The summed E-state index contributed by atoms with van der Waals surface area (Å²) in [6.07, 6.45) is 0.0902. The summed E-state index contributed by atoms with van der Waals surface area (Å²) in [5.74, 6) is 0.369. The Morgan fingerprint density at radius 2 is 1.91 bits per heavy atom. The summed E-state index contributed by atoms with van der Waals surface area (Å²) in [5, 5.41) is 13.3. The van der Waals surface area contributed by atoms with Gasteiger partial charge in [0, 0.05) is 12.1 Å². The number of carbonyl (C=O) groups excluding carboxylic acids is 1. The van der Waals surface area contributed by atoms with E-state index in [4.69, 9.17) is 9.47 Å². The van der Waals surface area contributed by atoms with Crippen LogP contribution in [0.3, 0.4) is 0 Å². The van der Waals surface area contributed by atoms with Crippen LogP contribution in [-0.2, 0) is 4.74 Å². The number of nitro benzene ring substituents is 1. The van der Waals surface area contributed by atoms with Crippen LogP contribution in [0.25, 0.3) is 0 Å². The number of hydrogen-bond donors (Lipinski definition) is 1. The lowest BCUT2D eigenvalue weighted by molar-refractivity contribution is -0.384. The SMILES string of the molecule is CC.CCCOc1ccc([N+](=O)[O-])cc1NC(=O)OC(C)(C)C. The second-order valence-corrected chi connectivity index (χ2v) is 5.41. The zero-order chi connectivity index (χ0) is 18.0. The van der Waals surface area contributed by atoms with E-state index in [1.54, 1.807) is 20.8 Å². The molecule has 1 aromatic carbocycles. The van der Waals surface area contributed by atoms with Gasteiger partial charge in [0.1, 0.15) is 11.4 Å². The first-order chi connectivity index (χ1) is 10.7. The Hall–Kier alpha value is -2.31. The number of ether oxygens (including phenoxy) is 2. The molecule has 23 heavy (non-hydrogen) atoms. The van der Waals surface area contributed by atoms with Crippen molar-refractivity contribution in [1.29, 1.82) is 0 Å². The maximum Gasteiger partial charge on any atom is 0.412 e. The van der Waals surface area contributed by atoms with Crippen molar-refractivity contribution >= 4 is 17.5 Å². The van der Waals surface area contributed by atoms with E-state index in [0.29, 0.717) is 12.4 Å². The van der Waals surface area contributed by atoms with Crippen molar-refractivity contribution in [1.82, 2.24) is 0 Å². The molecule has 1 amide bonds. The predicted molar refractivity (Wildman–Crippen MR) is 90.1 cm³/mol. The van der Waals surface area contributed by atoms with Gasteiger partial charge in [-0.25, -0.2) is 4.79 Å².